The first-order valence-electron chi connectivity index (χ1n) is 6.65. The van der Waals surface area contributed by atoms with Crippen molar-refractivity contribution in [3.8, 4) is 0 Å². The van der Waals surface area contributed by atoms with Gasteiger partial charge in [0.15, 0.2) is 0 Å². The molecule has 1 aliphatic carbocycles. The average Bonchev–Trinajstić information content (AvgIpc) is 2.37. The van der Waals surface area contributed by atoms with Crippen LogP contribution < -0.4 is 5.32 Å². The molecule has 1 N–H and O–H groups in total. The van der Waals surface area contributed by atoms with Crippen molar-refractivity contribution in [3.05, 3.63) is 34.3 Å². The first-order chi connectivity index (χ1) is 8.69. The van der Waals surface area contributed by atoms with Gasteiger partial charge in [-0.15, -0.1) is 0 Å². The van der Waals surface area contributed by atoms with Crippen LogP contribution >= 0.6 is 15.9 Å². The Hall–Kier alpha value is -0.380. The first kappa shape index (κ1) is 14.0. The fraction of sp³-hybridized carbons (Fsp3) is 0.600. The zero-order valence-electron chi connectivity index (χ0n) is 11.2. The van der Waals surface area contributed by atoms with Crippen molar-refractivity contribution in [2.24, 2.45) is 5.92 Å². The Balaban J connectivity index is 2.07. The normalized spacial score (nSPS) is 26.9. The van der Waals surface area contributed by atoms with Gasteiger partial charge in [-0.3, -0.25) is 0 Å². The van der Waals surface area contributed by atoms with Crippen molar-refractivity contribution in [2.75, 3.05) is 26.8 Å². The van der Waals surface area contributed by atoms with Gasteiger partial charge in [0.05, 0.1) is 6.61 Å². The first-order valence-corrected chi connectivity index (χ1v) is 7.44. The molecular weight excluding hydrogens is 290 g/mol. The van der Waals surface area contributed by atoms with Crippen molar-refractivity contribution >= 4 is 15.9 Å². The number of ether oxygens (including phenoxy) is 1. The fourth-order valence-corrected chi connectivity index (χ4v) is 3.26. The lowest BCUT2D eigenvalue weighted by molar-refractivity contribution is 0.127. The average molecular weight is 312 g/mol. The van der Waals surface area contributed by atoms with Gasteiger partial charge in [0, 0.05) is 30.1 Å². The molecule has 18 heavy (non-hydrogen) atoms. The fourth-order valence-electron chi connectivity index (χ4n) is 2.86. The number of nitrogens with one attached hydrogen (secondary N) is 1. The van der Waals surface area contributed by atoms with E-state index in [0.717, 1.165) is 25.6 Å². The highest BCUT2D eigenvalue weighted by atomic mass is 79.9. The summed E-state index contributed by atoms with van der Waals surface area (Å²) in [5.41, 5.74) is 1.78. The van der Waals surface area contributed by atoms with E-state index in [1.165, 1.54) is 22.9 Å². The van der Waals surface area contributed by atoms with Crippen LogP contribution in [0.5, 0.6) is 0 Å². The molecule has 2 unspecified atom stereocenters. The highest BCUT2D eigenvalue weighted by Gasteiger charge is 2.44. The number of rotatable bonds is 6. The van der Waals surface area contributed by atoms with Gasteiger partial charge in [0.2, 0.25) is 0 Å². The van der Waals surface area contributed by atoms with Crippen molar-refractivity contribution in [1.29, 1.82) is 0 Å². The second kappa shape index (κ2) is 6.18. The van der Waals surface area contributed by atoms with Crippen LogP contribution in [0.4, 0.5) is 0 Å². The summed E-state index contributed by atoms with van der Waals surface area (Å²) < 4.78 is 6.27. The van der Waals surface area contributed by atoms with E-state index < -0.39 is 0 Å². The van der Waals surface area contributed by atoms with E-state index in [9.17, 15) is 0 Å². The predicted molar refractivity (Wildman–Crippen MR) is 79.0 cm³/mol. The number of hydrogen-bond donors (Lipinski definition) is 1. The maximum Gasteiger partial charge on any atom is 0.0587 e. The molecule has 0 aromatic heterocycles. The highest BCUT2D eigenvalue weighted by Crippen LogP contribution is 2.48. The van der Waals surface area contributed by atoms with Gasteiger partial charge in [-0.2, -0.15) is 0 Å². The van der Waals surface area contributed by atoms with Gasteiger partial charge in [-0.25, -0.2) is 0 Å². The van der Waals surface area contributed by atoms with E-state index >= 15 is 0 Å². The summed E-state index contributed by atoms with van der Waals surface area (Å²) in [6, 6.07) is 8.77. The van der Waals surface area contributed by atoms with Crippen LogP contribution in [0, 0.1) is 5.92 Å². The lowest BCUT2D eigenvalue weighted by Gasteiger charge is -2.49. The largest absolute Gasteiger partial charge is 0.383 e. The molecule has 0 radical (unpaired) electrons. The predicted octanol–water partition coefficient (Wildman–Crippen LogP) is 3.35. The molecule has 0 amide bonds. The zero-order chi connectivity index (χ0) is 13.0. The maximum absolute atomic E-state index is 5.09. The smallest absolute Gasteiger partial charge is 0.0587 e. The lowest BCUT2D eigenvalue weighted by atomic mass is 9.57. The van der Waals surface area contributed by atoms with Gasteiger partial charge >= 0.3 is 0 Å². The van der Waals surface area contributed by atoms with Crippen LogP contribution in [0.3, 0.4) is 0 Å². The second-order valence-corrected chi connectivity index (χ2v) is 6.19. The molecule has 0 bridgehead atoms. The number of methoxy groups -OCH3 is 1. The molecule has 3 heteroatoms. The molecule has 1 fully saturated rings. The Morgan fingerprint density at radius 2 is 2.33 bits per heavy atom. The van der Waals surface area contributed by atoms with Crippen LogP contribution in [-0.2, 0) is 10.2 Å². The Morgan fingerprint density at radius 1 is 1.50 bits per heavy atom. The van der Waals surface area contributed by atoms with Crippen molar-refractivity contribution < 1.29 is 4.74 Å². The van der Waals surface area contributed by atoms with Crippen LogP contribution in [0.2, 0.25) is 0 Å². The highest BCUT2D eigenvalue weighted by molar-refractivity contribution is 9.10. The molecule has 1 saturated carbocycles. The maximum atomic E-state index is 5.09. The van der Waals surface area contributed by atoms with E-state index in [2.05, 4.69) is 52.4 Å². The van der Waals surface area contributed by atoms with Crippen LogP contribution in [0.1, 0.15) is 25.3 Å². The molecule has 1 aromatic carbocycles. The quantitative estimate of drug-likeness (QED) is 0.813. The Morgan fingerprint density at radius 3 is 2.89 bits per heavy atom. The molecular formula is C15H22BrNO. The van der Waals surface area contributed by atoms with Gasteiger partial charge in [0.25, 0.3) is 0 Å². The summed E-state index contributed by atoms with van der Waals surface area (Å²) in [7, 11) is 1.75. The van der Waals surface area contributed by atoms with Crippen LogP contribution in [0.15, 0.2) is 28.7 Å². The van der Waals surface area contributed by atoms with Crippen molar-refractivity contribution in [2.45, 2.75) is 25.2 Å². The summed E-state index contributed by atoms with van der Waals surface area (Å²) in [6.45, 7) is 5.12. The molecule has 2 rings (SSSR count). The summed E-state index contributed by atoms with van der Waals surface area (Å²) in [6.07, 6.45) is 2.61. The summed E-state index contributed by atoms with van der Waals surface area (Å²) >= 11 is 3.58. The van der Waals surface area contributed by atoms with Crippen molar-refractivity contribution in [3.63, 3.8) is 0 Å². The molecule has 2 nitrogen and oxygen atoms in total. The standard InChI is InChI=1S/C15H22BrNO/c1-12-6-7-15(12,11-17-8-9-18-2)13-4-3-5-14(16)10-13/h3-5,10,12,17H,6-9,11H2,1-2H3. The van der Waals surface area contributed by atoms with E-state index in [-0.39, 0.29) is 0 Å². The second-order valence-electron chi connectivity index (χ2n) is 5.28. The minimum Gasteiger partial charge on any atom is -0.383 e. The monoisotopic (exact) mass is 311 g/mol. The third kappa shape index (κ3) is 2.79. The van der Waals surface area contributed by atoms with E-state index in [1.54, 1.807) is 7.11 Å². The molecule has 1 aliphatic rings. The summed E-state index contributed by atoms with van der Waals surface area (Å²) in [5.74, 6) is 0.752. The van der Waals surface area contributed by atoms with Crippen molar-refractivity contribution in [1.82, 2.24) is 5.32 Å². The van der Waals surface area contributed by atoms with E-state index in [0.29, 0.717) is 5.41 Å². The Labute approximate surface area is 118 Å². The number of hydrogen-bond acceptors (Lipinski definition) is 2. The topological polar surface area (TPSA) is 21.3 Å². The van der Waals surface area contributed by atoms with Gasteiger partial charge in [0.1, 0.15) is 0 Å². The van der Waals surface area contributed by atoms with Gasteiger partial charge in [-0.05, 0) is 36.5 Å². The lowest BCUT2D eigenvalue weighted by Crippen LogP contribution is -2.50. The number of halogens is 1. The molecule has 2 atom stereocenters. The molecule has 0 aliphatic heterocycles. The van der Waals surface area contributed by atoms with Gasteiger partial charge in [-0.1, -0.05) is 35.0 Å². The Bertz CT molecular complexity index is 396. The van der Waals surface area contributed by atoms with Crippen LogP contribution in [0.25, 0.3) is 0 Å². The Kier molecular flexibility index (Phi) is 4.82. The third-order valence-corrected chi connectivity index (χ3v) is 4.78. The van der Waals surface area contributed by atoms with Gasteiger partial charge < -0.3 is 10.1 Å². The van der Waals surface area contributed by atoms with E-state index in [4.69, 9.17) is 4.74 Å². The molecule has 100 valence electrons. The third-order valence-electron chi connectivity index (χ3n) is 4.29. The SMILES string of the molecule is COCCNCC1(c2cccc(Br)c2)CCC1C. The minimum absolute atomic E-state index is 0.317. The van der Waals surface area contributed by atoms with E-state index in [1.807, 2.05) is 0 Å². The molecule has 1 aromatic rings. The minimum atomic E-state index is 0.317. The molecule has 0 saturated heterocycles. The van der Waals surface area contributed by atoms with Crippen LogP contribution in [-0.4, -0.2) is 26.8 Å². The summed E-state index contributed by atoms with van der Waals surface area (Å²) in [4.78, 5) is 0. The molecule has 0 spiro atoms. The summed E-state index contributed by atoms with van der Waals surface area (Å²) in [5, 5.41) is 3.54. The zero-order valence-corrected chi connectivity index (χ0v) is 12.8. The molecule has 0 heterocycles. The number of benzene rings is 1.